The molecule has 0 bridgehead atoms. The quantitative estimate of drug-likeness (QED) is 0.750. The number of imide groups is 1. The van der Waals surface area contributed by atoms with Gasteiger partial charge >= 0.3 is 0 Å². The molecule has 2 aliphatic heterocycles. The Balaban J connectivity index is 1.53. The molecule has 22 heavy (non-hydrogen) atoms. The van der Waals surface area contributed by atoms with Crippen LogP contribution in [0.4, 0.5) is 0 Å². The van der Waals surface area contributed by atoms with E-state index in [1.165, 1.54) is 4.90 Å². The highest BCUT2D eigenvalue weighted by atomic mass is 32.2. The van der Waals surface area contributed by atoms with Gasteiger partial charge in [-0.3, -0.25) is 14.5 Å². The summed E-state index contributed by atoms with van der Waals surface area (Å²) < 4.78 is 22.7. The standard InChI is InChI=1S/C15H18N2O4S/c18-14-12-4-1-2-5-13(12)15(19)17(14)7-3-6-16-8-10-22(20,21)11-9-16/h1-2,4-5H,3,6-11H2. The summed E-state index contributed by atoms with van der Waals surface area (Å²) in [5, 5.41) is 0. The average molecular weight is 322 g/mol. The molecule has 1 aromatic carbocycles. The molecule has 1 fully saturated rings. The first kappa shape index (κ1) is 15.2. The number of hydrogen-bond acceptors (Lipinski definition) is 5. The zero-order chi connectivity index (χ0) is 15.7. The van der Waals surface area contributed by atoms with Gasteiger partial charge in [-0.2, -0.15) is 0 Å². The normalized spacial score (nSPS) is 21.2. The minimum Gasteiger partial charge on any atom is -0.301 e. The summed E-state index contributed by atoms with van der Waals surface area (Å²) in [4.78, 5) is 27.7. The van der Waals surface area contributed by atoms with Crippen LogP contribution in [0.25, 0.3) is 0 Å². The van der Waals surface area contributed by atoms with Gasteiger partial charge in [0.05, 0.1) is 22.6 Å². The SMILES string of the molecule is O=C1c2ccccc2C(=O)N1CCCN1CCS(=O)(=O)CC1. The molecule has 0 aliphatic carbocycles. The van der Waals surface area contributed by atoms with Crippen LogP contribution in [0.2, 0.25) is 0 Å². The van der Waals surface area contributed by atoms with E-state index < -0.39 is 9.84 Å². The van der Waals surface area contributed by atoms with E-state index in [9.17, 15) is 18.0 Å². The minimum atomic E-state index is -2.87. The molecule has 7 heteroatoms. The molecule has 1 aromatic rings. The lowest BCUT2D eigenvalue weighted by atomic mass is 10.1. The highest BCUT2D eigenvalue weighted by Crippen LogP contribution is 2.22. The molecule has 0 aromatic heterocycles. The van der Waals surface area contributed by atoms with Gasteiger partial charge in [-0.25, -0.2) is 8.42 Å². The highest BCUT2D eigenvalue weighted by molar-refractivity contribution is 7.91. The molecule has 0 N–H and O–H groups in total. The summed E-state index contributed by atoms with van der Waals surface area (Å²) in [6, 6.07) is 6.85. The summed E-state index contributed by atoms with van der Waals surface area (Å²) in [5.74, 6) is -0.0799. The molecule has 118 valence electrons. The first-order valence-electron chi connectivity index (χ1n) is 7.36. The summed E-state index contributed by atoms with van der Waals surface area (Å²) in [5.41, 5.74) is 0.938. The molecule has 2 aliphatic rings. The molecule has 0 atom stereocenters. The third kappa shape index (κ3) is 2.91. The number of hydrogen-bond donors (Lipinski definition) is 0. The number of fused-ring (bicyclic) bond motifs is 1. The lowest BCUT2D eigenvalue weighted by Gasteiger charge is -2.27. The average Bonchev–Trinajstić information content (AvgIpc) is 2.74. The second-order valence-corrected chi connectivity index (χ2v) is 7.96. The van der Waals surface area contributed by atoms with Crippen LogP contribution in [-0.2, 0) is 9.84 Å². The topological polar surface area (TPSA) is 74.8 Å². The van der Waals surface area contributed by atoms with Crippen LogP contribution in [0, 0.1) is 0 Å². The predicted molar refractivity (Wildman–Crippen MR) is 81.5 cm³/mol. The van der Waals surface area contributed by atoms with Gasteiger partial charge < -0.3 is 4.90 Å². The van der Waals surface area contributed by atoms with Gasteiger partial charge in [-0.05, 0) is 25.1 Å². The Morgan fingerprint density at radius 3 is 2.00 bits per heavy atom. The minimum absolute atomic E-state index is 0.194. The summed E-state index contributed by atoms with van der Waals surface area (Å²) in [6.07, 6.45) is 0.658. The van der Waals surface area contributed by atoms with E-state index in [0.29, 0.717) is 43.7 Å². The Morgan fingerprint density at radius 1 is 0.909 bits per heavy atom. The van der Waals surface area contributed by atoms with E-state index in [0.717, 1.165) is 0 Å². The van der Waals surface area contributed by atoms with Gasteiger partial charge in [0.25, 0.3) is 11.8 Å². The number of sulfone groups is 1. The maximum Gasteiger partial charge on any atom is 0.261 e. The molecule has 6 nitrogen and oxygen atoms in total. The molecular weight excluding hydrogens is 304 g/mol. The fraction of sp³-hybridized carbons (Fsp3) is 0.467. The van der Waals surface area contributed by atoms with Crippen molar-refractivity contribution >= 4 is 21.7 Å². The van der Waals surface area contributed by atoms with Crippen LogP contribution in [0.1, 0.15) is 27.1 Å². The number of carbonyl (C=O) groups excluding carboxylic acids is 2. The lowest BCUT2D eigenvalue weighted by Crippen LogP contribution is -2.41. The van der Waals surface area contributed by atoms with E-state index in [1.807, 2.05) is 0 Å². The van der Waals surface area contributed by atoms with Crippen molar-refractivity contribution in [2.75, 3.05) is 37.7 Å². The molecule has 0 saturated carbocycles. The van der Waals surface area contributed by atoms with Crippen molar-refractivity contribution < 1.29 is 18.0 Å². The Kier molecular flexibility index (Phi) is 4.01. The van der Waals surface area contributed by atoms with Crippen LogP contribution in [0.15, 0.2) is 24.3 Å². The van der Waals surface area contributed by atoms with Crippen molar-refractivity contribution in [1.82, 2.24) is 9.80 Å². The maximum atomic E-state index is 12.2. The van der Waals surface area contributed by atoms with Gasteiger partial charge in [-0.15, -0.1) is 0 Å². The van der Waals surface area contributed by atoms with Crippen molar-refractivity contribution in [3.05, 3.63) is 35.4 Å². The first-order chi connectivity index (χ1) is 10.5. The van der Waals surface area contributed by atoms with Crippen LogP contribution in [0.5, 0.6) is 0 Å². The Bertz CT molecular complexity index is 665. The van der Waals surface area contributed by atoms with Crippen LogP contribution < -0.4 is 0 Å². The van der Waals surface area contributed by atoms with Crippen molar-refractivity contribution in [2.45, 2.75) is 6.42 Å². The first-order valence-corrected chi connectivity index (χ1v) is 9.18. The van der Waals surface area contributed by atoms with E-state index in [4.69, 9.17) is 0 Å². The predicted octanol–water partition coefficient (Wildman–Crippen LogP) is 0.403. The van der Waals surface area contributed by atoms with Crippen molar-refractivity contribution in [2.24, 2.45) is 0 Å². The smallest absolute Gasteiger partial charge is 0.261 e. The largest absolute Gasteiger partial charge is 0.301 e. The molecule has 0 spiro atoms. The van der Waals surface area contributed by atoms with Crippen LogP contribution >= 0.6 is 0 Å². The monoisotopic (exact) mass is 322 g/mol. The Hall–Kier alpha value is -1.73. The van der Waals surface area contributed by atoms with Crippen LogP contribution in [0.3, 0.4) is 0 Å². The Labute approximate surface area is 129 Å². The lowest BCUT2D eigenvalue weighted by molar-refractivity contribution is 0.0648. The molecular formula is C15H18N2O4S. The molecule has 2 amide bonds. The van der Waals surface area contributed by atoms with Gasteiger partial charge in [0.2, 0.25) is 0 Å². The van der Waals surface area contributed by atoms with Crippen molar-refractivity contribution in [3.8, 4) is 0 Å². The molecule has 1 saturated heterocycles. The molecule has 0 unspecified atom stereocenters. The van der Waals surface area contributed by atoms with Gasteiger partial charge in [0, 0.05) is 19.6 Å². The van der Waals surface area contributed by atoms with E-state index in [1.54, 1.807) is 24.3 Å². The molecule has 3 rings (SSSR count). The number of amides is 2. The van der Waals surface area contributed by atoms with Gasteiger partial charge in [0.15, 0.2) is 9.84 Å². The van der Waals surface area contributed by atoms with E-state index in [-0.39, 0.29) is 23.3 Å². The summed E-state index contributed by atoms with van der Waals surface area (Å²) in [6.45, 7) is 2.13. The zero-order valence-corrected chi connectivity index (χ0v) is 13.0. The van der Waals surface area contributed by atoms with Crippen molar-refractivity contribution in [1.29, 1.82) is 0 Å². The van der Waals surface area contributed by atoms with Crippen molar-refractivity contribution in [3.63, 3.8) is 0 Å². The highest BCUT2D eigenvalue weighted by Gasteiger charge is 2.34. The molecule has 0 radical (unpaired) electrons. The second-order valence-electron chi connectivity index (χ2n) is 5.65. The summed E-state index contributed by atoms with van der Waals surface area (Å²) in [7, 11) is -2.87. The second kappa shape index (κ2) is 5.81. The number of benzene rings is 1. The fourth-order valence-corrected chi connectivity index (χ4v) is 4.15. The number of carbonyl (C=O) groups is 2. The van der Waals surface area contributed by atoms with E-state index >= 15 is 0 Å². The molecule has 2 heterocycles. The Morgan fingerprint density at radius 2 is 1.45 bits per heavy atom. The van der Waals surface area contributed by atoms with Crippen LogP contribution in [-0.4, -0.2) is 67.7 Å². The fourth-order valence-electron chi connectivity index (χ4n) is 2.87. The number of rotatable bonds is 4. The van der Waals surface area contributed by atoms with E-state index in [2.05, 4.69) is 4.90 Å². The summed E-state index contributed by atoms with van der Waals surface area (Å²) >= 11 is 0. The third-order valence-electron chi connectivity index (χ3n) is 4.17. The zero-order valence-electron chi connectivity index (χ0n) is 12.2. The maximum absolute atomic E-state index is 12.2. The third-order valence-corrected chi connectivity index (χ3v) is 5.78. The van der Waals surface area contributed by atoms with Gasteiger partial charge in [0.1, 0.15) is 0 Å². The number of nitrogens with zero attached hydrogens (tertiary/aromatic N) is 2. The van der Waals surface area contributed by atoms with Gasteiger partial charge in [-0.1, -0.05) is 12.1 Å².